The molecule has 0 spiro atoms. The van der Waals surface area contributed by atoms with E-state index in [4.69, 9.17) is 5.11 Å². The molecule has 2 nitrogen and oxygen atoms in total. The number of carbonyl (C=O) groups is 1. The summed E-state index contributed by atoms with van der Waals surface area (Å²) in [5.41, 5.74) is 2.42. The van der Waals surface area contributed by atoms with Gasteiger partial charge < -0.3 is 5.11 Å². The first-order chi connectivity index (χ1) is 8.56. The van der Waals surface area contributed by atoms with Gasteiger partial charge in [-0.05, 0) is 57.6 Å². The van der Waals surface area contributed by atoms with Crippen molar-refractivity contribution in [1.82, 2.24) is 0 Å². The number of thioether (sulfide) groups is 1. The molecule has 0 saturated heterocycles. The average molecular weight is 343 g/mol. The van der Waals surface area contributed by atoms with Gasteiger partial charge in [0.25, 0.3) is 0 Å². The number of halogens is 1. The maximum absolute atomic E-state index is 11.0. The van der Waals surface area contributed by atoms with Crippen LogP contribution in [0.25, 0.3) is 0 Å². The molecule has 0 aliphatic rings. The summed E-state index contributed by atoms with van der Waals surface area (Å²) in [7, 11) is 0. The number of rotatable bonds is 4. The van der Waals surface area contributed by atoms with Gasteiger partial charge in [-0.1, -0.05) is 6.07 Å². The van der Waals surface area contributed by atoms with Gasteiger partial charge >= 0.3 is 5.97 Å². The van der Waals surface area contributed by atoms with Crippen molar-refractivity contribution in [2.75, 3.05) is 0 Å². The molecule has 1 N–H and O–H groups in total. The van der Waals surface area contributed by atoms with E-state index in [1.54, 1.807) is 29.2 Å². The van der Waals surface area contributed by atoms with Crippen LogP contribution in [0.4, 0.5) is 0 Å². The van der Waals surface area contributed by atoms with Crippen molar-refractivity contribution in [3.05, 3.63) is 50.1 Å². The van der Waals surface area contributed by atoms with Gasteiger partial charge in [-0.25, -0.2) is 4.79 Å². The first-order valence-corrected chi connectivity index (χ1v) is 7.92. The fraction of sp³-hybridized carbons (Fsp3) is 0.154. The number of hydrogen-bond donors (Lipinski definition) is 1. The predicted octanol–water partition coefficient (Wildman–Crippen LogP) is 4.81. The van der Waals surface area contributed by atoms with Crippen LogP contribution >= 0.6 is 39.0 Å². The zero-order valence-corrected chi connectivity index (χ0v) is 12.9. The monoisotopic (exact) mass is 342 g/mol. The summed E-state index contributed by atoms with van der Waals surface area (Å²) in [6, 6.07) is 7.65. The van der Waals surface area contributed by atoms with E-state index in [1.807, 2.05) is 19.1 Å². The Balaban J connectivity index is 2.10. The van der Waals surface area contributed by atoms with Crippen LogP contribution in [0.3, 0.4) is 0 Å². The van der Waals surface area contributed by atoms with Crippen molar-refractivity contribution in [1.29, 1.82) is 0 Å². The molecule has 0 saturated carbocycles. The van der Waals surface area contributed by atoms with Crippen molar-refractivity contribution in [2.24, 2.45) is 0 Å². The molecule has 0 amide bonds. The molecule has 0 radical (unpaired) electrons. The fourth-order valence-corrected chi connectivity index (χ4v) is 3.69. The maximum Gasteiger partial charge on any atom is 0.335 e. The second-order valence-electron chi connectivity index (χ2n) is 3.83. The molecule has 0 atom stereocenters. The van der Waals surface area contributed by atoms with E-state index in [0.29, 0.717) is 5.56 Å². The average Bonchev–Trinajstić information content (AvgIpc) is 2.74. The number of carboxylic acids is 1. The smallest absolute Gasteiger partial charge is 0.335 e. The first kappa shape index (κ1) is 13.6. The van der Waals surface area contributed by atoms with Crippen molar-refractivity contribution < 1.29 is 9.90 Å². The summed E-state index contributed by atoms with van der Waals surface area (Å²) in [5.74, 6) is -0.0160. The third kappa shape index (κ3) is 3.37. The third-order valence-corrected chi connectivity index (χ3v) is 5.08. The number of thiophene rings is 1. The second-order valence-corrected chi connectivity index (χ2v) is 7.17. The topological polar surface area (TPSA) is 37.3 Å². The van der Waals surface area contributed by atoms with Gasteiger partial charge in [0.1, 0.15) is 0 Å². The molecule has 1 heterocycles. The predicted molar refractivity (Wildman–Crippen MR) is 79.7 cm³/mol. The van der Waals surface area contributed by atoms with E-state index >= 15 is 0 Å². The lowest BCUT2D eigenvalue weighted by atomic mass is 10.1. The zero-order valence-electron chi connectivity index (χ0n) is 9.64. The molecule has 0 bridgehead atoms. The van der Waals surface area contributed by atoms with Gasteiger partial charge in [-0.2, -0.15) is 0 Å². The summed E-state index contributed by atoms with van der Waals surface area (Å²) in [4.78, 5) is 12.0. The third-order valence-electron chi connectivity index (χ3n) is 2.47. The SMILES string of the molecule is Cc1ccc(SCc2csc(Br)c2)cc1C(=O)O. The van der Waals surface area contributed by atoms with E-state index in [0.717, 1.165) is 20.0 Å². The molecule has 0 aliphatic heterocycles. The highest BCUT2D eigenvalue weighted by Gasteiger charge is 2.08. The molecule has 94 valence electrons. The largest absolute Gasteiger partial charge is 0.478 e. The van der Waals surface area contributed by atoms with Crippen molar-refractivity contribution in [3.8, 4) is 0 Å². The van der Waals surface area contributed by atoms with E-state index in [1.165, 1.54) is 5.56 Å². The van der Waals surface area contributed by atoms with E-state index in [9.17, 15) is 4.79 Å². The van der Waals surface area contributed by atoms with Gasteiger partial charge in [0.15, 0.2) is 0 Å². The Hall–Kier alpha value is -0.780. The molecule has 0 unspecified atom stereocenters. The lowest BCUT2D eigenvalue weighted by Crippen LogP contribution is -1.99. The maximum atomic E-state index is 11.0. The van der Waals surface area contributed by atoms with Gasteiger partial charge in [0, 0.05) is 10.6 Å². The van der Waals surface area contributed by atoms with Crippen LogP contribution in [0.2, 0.25) is 0 Å². The van der Waals surface area contributed by atoms with Crippen LogP contribution in [0.15, 0.2) is 38.3 Å². The van der Waals surface area contributed by atoms with Crippen LogP contribution in [-0.2, 0) is 5.75 Å². The van der Waals surface area contributed by atoms with Gasteiger partial charge in [-0.15, -0.1) is 23.1 Å². The normalized spacial score (nSPS) is 10.6. The Bertz CT molecular complexity index is 578. The summed E-state index contributed by atoms with van der Waals surface area (Å²) < 4.78 is 1.12. The lowest BCUT2D eigenvalue weighted by molar-refractivity contribution is 0.0696. The quantitative estimate of drug-likeness (QED) is 0.810. The molecule has 0 fully saturated rings. The minimum atomic E-state index is -0.867. The molecule has 2 aromatic rings. The van der Waals surface area contributed by atoms with E-state index in [2.05, 4.69) is 27.4 Å². The Kier molecular flexibility index (Phi) is 4.48. The van der Waals surface area contributed by atoms with Crippen molar-refractivity contribution >= 4 is 45.0 Å². The highest BCUT2D eigenvalue weighted by Crippen LogP contribution is 2.28. The first-order valence-electron chi connectivity index (χ1n) is 5.26. The highest BCUT2D eigenvalue weighted by atomic mass is 79.9. The van der Waals surface area contributed by atoms with E-state index in [-0.39, 0.29) is 0 Å². The highest BCUT2D eigenvalue weighted by molar-refractivity contribution is 9.11. The Morgan fingerprint density at radius 3 is 2.83 bits per heavy atom. The number of hydrogen-bond acceptors (Lipinski definition) is 3. The molecule has 1 aromatic carbocycles. The van der Waals surface area contributed by atoms with Gasteiger partial charge in [0.05, 0.1) is 9.35 Å². The number of aromatic carboxylic acids is 1. The van der Waals surface area contributed by atoms with Crippen LogP contribution in [0.1, 0.15) is 21.5 Å². The van der Waals surface area contributed by atoms with E-state index < -0.39 is 5.97 Å². The Morgan fingerprint density at radius 1 is 1.44 bits per heavy atom. The molecule has 1 aromatic heterocycles. The minimum absolute atomic E-state index is 0.381. The summed E-state index contributed by atoms with van der Waals surface area (Å²) >= 11 is 6.74. The number of carboxylic acid groups (broad SMARTS) is 1. The lowest BCUT2D eigenvalue weighted by Gasteiger charge is -2.04. The molecule has 0 aliphatic carbocycles. The van der Waals surface area contributed by atoms with Crippen molar-refractivity contribution in [3.63, 3.8) is 0 Å². The molecule has 5 heteroatoms. The second kappa shape index (κ2) is 5.91. The summed E-state index contributed by atoms with van der Waals surface area (Å²) in [6.45, 7) is 1.81. The molecular formula is C13H11BrO2S2. The standard InChI is InChI=1S/C13H11BrO2S2/c1-8-2-3-10(5-11(8)13(15)16)17-6-9-4-12(14)18-7-9/h2-5,7H,6H2,1H3,(H,15,16). The Labute approximate surface area is 122 Å². The summed E-state index contributed by atoms with van der Waals surface area (Å²) in [5, 5.41) is 11.2. The van der Waals surface area contributed by atoms with Gasteiger partial charge in [0.2, 0.25) is 0 Å². The van der Waals surface area contributed by atoms with Crippen LogP contribution in [0.5, 0.6) is 0 Å². The number of aryl methyl sites for hydroxylation is 1. The Morgan fingerprint density at radius 2 is 2.22 bits per heavy atom. The zero-order chi connectivity index (χ0) is 13.1. The number of benzene rings is 1. The minimum Gasteiger partial charge on any atom is -0.478 e. The van der Waals surface area contributed by atoms with Gasteiger partial charge in [-0.3, -0.25) is 0 Å². The van der Waals surface area contributed by atoms with Crippen LogP contribution < -0.4 is 0 Å². The summed E-state index contributed by atoms with van der Waals surface area (Å²) in [6.07, 6.45) is 0. The van der Waals surface area contributed by atoms with Crippen LogP contribution in [0, 0.1) is 6.92 Å². The van der Waals surface area contributed by atoms with Crippen LogP contribution in [-0.4, -0.2) is 11.1 Å². The fourth-order valence-electron chi connectivity index (χ4n) is 1.51. The molecule has 2 rings (SSSR count). The molecular weight excluding hydrogens is 332 g/mol. The van der Waals surface area contributed by atoms with Crippen molar-refractivity contribution in [2.45, 2.75) is 17.6 Å². The molecule has 18 heavy (non-hydrogen) atoms.